The lowest BCUT2D eigenvalue weighted by Gasteiger charge is -2.56. The van der Waals surface area contributed by atoms with Crippen LogP contribution in [0.4, 0.5) is 5.69 Å². The maximum absolute atomic E-state index is 14.1. The predicted octanol–water partition coefficient (Wildman–Crippen LogP) is 0.563. The van der Waals surface area contributed by atoms with Crippen LogP contribution >= 0.6 is 0 Å². The normalized spacial score (nSPS) is 29.7. The number of rotatable bonds is 7. The summed E-state index contributed by atoms with van der Waals surface area (Å²) in [6.45, 7) is 3.13. The van der Waals surface area contributed by atoms with Crippen LogP contribution in [-0.2, 0) is 27.3 Å². The molecule has 0 radical (unpaired) electrons. The minimum Gasteiger partial charge on any atom is -0.508 e. The largest absolute Gasteiger partial charge is 0.508 e. The number of hydrogen-bond donors (Lipinski definition) is 6. The highest BCUT2D eigenvalue weighted by Crippen LogP contribution is 2.54. The molecular weight excluding hydrogens is 554 g/mol. The number of fused-ring (bicyclic) bond motifs is 3. The summed E-state index contributed by atoms with van der Waals surface area (Å²) in [4.78, 5) is 45.3. The Balaban J connectivity index is 1.39. The number of nitrogens with zero attached hydrogens (tertiary/aromatic N) is 3. The zero-order valence-electron chi connectivity index (χ0n) is 25.1. The number of primary amides is 1. The highest BCUT2D eigenvalue weighted by Gasteiger charge is 2.64. The van der Waals surface area contributed by atoms with Crippen molar-refractivity contribution in [3.63, 3.8) is 0 Å². The Morgan fingerprint density at radius 2 is 1.81 bits per heavy atom. The first-order chi connectivity index (χ1) is 20.2. The number of carbonyl (C=O) groups excluding carboxylic acids is 3. The van der Waals surface area contributed by atoms with E-state index in [1.54, 1.807) is 14.1 Å². The summed E-state index contributed by atoms with van der Waals surface area (Å²) >= 11 is 0. The average molecular weight is 596 g/mol. The molecule has 1 aromatic rings. The number of aliphatic hydroxyl groups excluding tert-OH is 2. The monoisotopic (exact) mass is 595 g/mol. The molecule has 12 nitrogen and oxygen atoms in total. The zero-order valence-corrected chi connectivity index (χ0v) is 25.1. The fourth-order valence-corrected chi connectivity index (χ4v) is 8.24. The average Bonchev–Trinajstić information content (AvgIpc) is 2.87. The van der Waals surface area contributed by atoms with Crippen LogP contribution in [-0.4, -0.2) is 107 Å². The second-order valence-corrected chi connectivity index (χ2v) is 13.5. The van der Waals surface area contributed by atoms with Crippen molar-refractivity contribution in [1.82, 2.24) is 15.1 Å². The molecule has 4 atom stereocenters. The number of carbonyl (C=O) groups is 3. The molecule has 0 aromatic heterocycles. The van der Waals surface area contributed by atoms with E-state index in [0.29, 0.717) is 29.8 Å². The van der Waals surface area contributed by atoms with Gasteiger partial charge in [-0.2, -0.15) is 0 Å². The molecule has 5 aliphatic rings. The van der Waals surface area contributed by atoms with Gasteiger partial charge in [0, 0.05) is 63.1 Å². The molecule has 1 aromatic carbocycles. The standard InChI is InChI=1S/C31H41N5O7/c1-34(2)19-10-16(11-33-14-36-12-30(13-36)6-5-7-30)24(37)21-17(19)8-15-9-18-23(35(3)4)26(39)22(29(32)42)28(41)31(18,43)27(40)20(15)25(21)38/h10,15,18,23,33,37-38,41,43H,5-9,11-14H2,1-4H3,(H2,32,42)/t15-,18-,23-,31-/m0/s1. The Labute approximate surface area is 250 Å². The quantitative estimate of drug-likeness (QED) is 0.243. The number of amides is 1. The van der Waals surface area contributed by atoms with Crippen molar-refractivity contribution < 1.29 is 34.8 Å². The lowest BCUT2D eigenvalue weighted by Crippen LogP contribution is -2.65. The Kier molecular flexibility index (Phi) is 6.92. The third-order valence-electron chi connectivity index (χ3n) is 10.4. The topological polar surface area (TPSA) is 180 Å². The zero-order chi connectivity index (χ0) is 31.2. The van der Waals surface area contributed by atoms with Gasteiger partial charge in [-0.15, -0.1) is 0 Å². The van der Waals surface area contributed by atoms with Crippen molar-refractivity contribution in [3.05, 3.63) is 39.7 Å². The SMILES string of the molecule is CN(C)c1cc(CNCN2CC3(CCC3)C2)c(O)c2c1C[C@H]1C[C@H]3[C@H](N(C)C)C(=O)C(C(N)=O)=C(O)[C@@]3(O)C(=O)C1=C2O. The summed E-state index contributed by atoms with van der Waals surface area (Å²) in [6, 6.07) is 0.767. The van der Waals surface area contributed by atoms with Gasteiger partial charge >= 0.3 is 0 Å². The number of hydrogen-bond acceptors (Lipinski definition) is 11. The maximum Gasteiger partial charge on any atom is 0.255 e. The van der Waals surface area contributed by atoms with Gasteiger partial charge in [0.05, 0.1) is 11.6 Å². The van der Waals surface area contributed by atoms with Crippen molar-refractivity contribution in [2.24, 2.45) is 23.0 Å². The molecule has 1 saturated heterocycles. The first-order valence-electron chi connectivity index (χ1n) is 14.8. The number of nitrogens with two attached hydrogens (primary N) is 1. The van der Waals surface area contributed by atoms with Crippen LogP contribution in [0.3, 0.4) is 0 Å². The van der Waals surface area contributed by atoms with Gasteiger partial charge in [-0.1, -0.05) is 6.42 Å². The van der Waals surface area contributed by atoms with E-state index < -0.39 is 58.0 Å². The van der Waals surface area contributed by atoms with Crippen molar-refractivity contribution in [2.75, 3.05) is 52.8 Å². The number of nitrogens with one attached hydrogen (secondary N) is 1. The predicted molar refractivity (Wildman–Crippen MR) is 158 cm³/mol. The summed E-state index contributed by atoms with van der Waals surface area (Å²) in [5.74, 6) is -6.49. The number of anilines is 1. The van der Waals surface area contributed by atoms with Gasteiger partial charge in [0.2, 0.25) is 5.78 Å². The Morgan fingerprint density at radius 3 is 2.37 bits per heavy atom. The highest BCUT2D eigenvalue weighted by molar-refractivity contribution is 6.24. The van der Waals surface area contributed by atoms with Crippen LogP contribution in [0.2, 0.25) is 0 Å². The molecule has 0 unspecified atom stereocenters. The molecule has 7 N–H and O–H groups in total. The van der Waals surface area contributed by atoms with Crippen LogP contribution in [0.5, 0.6) is 5.75 Å². The van der Waals surface area contributed by atoms with Crippen LogP contribution in [0.15, 0.2) is 23.0 Å². The number of phenols is 1. The molecule has 1 aliphatic heterocycles. The van der Waals surface area contributed by atoms with Crippen LogP contribution in [0.1, 0.15) is 42.4 Å². The number of phenolic OH excluding ortho intramolecular Hbond substituents is 1. The van der Waals surface area contributed by atoms with Crippen molar-refractivity contribution in [2.45, 2.75) is 50.3 Å². The van der Waals surface area contributed by atoms with Gasteiger partial charge in [-0.25, -0.2) is 0 Å². The van der Waals surface area contributed by atoms with E-state index in [9.17, 15) is 34.8 Å². The van der Waals surface area contributed by atoms with Gasteiger partial charge in [-0.05, 0) is 62.7 Å². The van der Waals surface area contributed by atoms with Gasteiger partial charge in [-0.3, -0.25) is 24.2 Å². The van der Waals surface area contributed by atoms with E-state index in [-0.39, 0.29) is 29.7 Å². The summed E-state index contributed by atoms with van der Waals surface area (Å²) < 4.78 is 0. The first-order valence-corrected chi connectivity index (χ1v) is 14.8. The molecule has 2 saturated carbocycles. The number of likely N-dealkylation sites (N-methyl/N-ethyl adjacent to an activating group) is 1. The van der Waals surface area contributed by atoms with Gasteiger partial charge in [0.25, 0.3) is 5.91 Å². The fourth-order valence-electron chi connectivity index (χ4n) is 8.24. The fraction of sp³-hybridized carbons (Fsp3) is 0.581. The molecular formula is C31H41N5O7. The molecule has 232 valence electrons. The van der Waals surface area contributed by atoms with E-state index >= 15 is 0 Å². The van der Waals surface area contributed by atoms with Crippen molar-refractivity contribution in [3.8, 4) is 5.75 Å². The van der Waals surface area contributed by atoms with Crippen LogP contribution in [0, 0.1) is 17.3 Å². The maximum atomic E-state index is 14.1. The molecule has 6 rings (SSSR count). The number of aliphatic hydroxyl groups is 3. The molecule has 3 fully saturated rings. The lowest BCUT2D eigenvalue weighted by molar-refractivity contribution is -0.153. The second kappa shape index (κ2) is 10.0. The van der Waals surface area contributed by atoms with E-state index in [1.807, 2.05) is 25.1 Å². The molecule has 1 heterocycles. The van der Waals surface area contributed by atoms with Crippen molar-refractivity contribution >= 4 is 28.9 Å². The summed E-state index contributed by atoms with van der Waals surface area (Å²) in [7, 11) is 6.88. The number of Topliss-reactive ketones (excluding diaryl/α,β-unsaturated/α-hetero) is 2. The van der Waals surface area contributed by atoms with E-state index in [4.69, 9.17) is 5.73 Å². The Hall–Kier alpha value is -3.45. The smallest absolute Gasteiger partial charge is 0.255 e. The Bertz CT molecular complexity index is 1490. The summed E-state index contributed by atoms with van der Waals surface area (Å²) in [6.07, 6.45) is 4.18. The summed E-state index contributed by atoms with van der Waals surface area (Å²) in [5, 5.41) is 49.4. The molecule has 1 amide bonds. The van der Waals surface area contributed by atoms with Crippen molar-refractivity contribution in [1.29, 1.82) is 0 Å². The first kappa shape index (κ1) is 29.6. The molecule has 4 aliphatic carbocycles. The Morgan fingerprint density at radius 1 is 1.14 bits per heavy atom. The number of likely N-dealkylation sites (tertiary alicyclic amines) is 1. The molecule has 43 heavy (non-hydrogen) atoms. The molecule has 0 bridgehead atoms. The molecule has 1 spiro atoms. The number of ketones is 2. The van der Waals surface area contributed by atoms with E-state index in [0.717, 1.165) is 18.8 Å². The van der Waals surface area contributed by atoms with E-state index in [1.165, 1.54) is 24.2 Å². The third kappa shape index (κ3) is 4.21. The van der Waals surface area contributed by atoms with E-state index in [2.05, 4.69) is 10.2 Å². The lowest BCUT2D eigenvalue weighted by atomic mass is 9.57. The van der Waals surface area contributed by atoms with Gasteiger partial charge in [0.15, 0.2) is 11.4 Å². The number of aromatic hydroxyl groups is 1. The molecule has 12 heteroatoms. The third-order valence-corrected chi connectivity index (χ3v) is 10.4. The van der Waals surface area contributed by atoms with Gasteiger partial charge < -0.3 is 36.4 Å². The van der Waals surface area contributed by atoms with Crippen LogP contribution < -0.4 is 16.0 Å². The van der Waals surface area contributed by atoms with Crippen LogP contribution in [0.25, 0.3) is 5.76 Å². The highest BCUT2D eigenvalue weighted by atomic mass is 16.3. The minimum atomic E-state index is -2.65. The second-order valence-electron chi connectivity index (χ2n) is 13.5. The number of benzene rings is 1. The summed E-state index contributed by atoms with van der Waals surface area (Å²) in [5.41, 5.74) is 4.34. The van der Waals surface area contributed by atoms with Gasteiger partial charge in [0.1, 0.15) is 22.8 Å². The minimum absolute atomic E-state index is 0.0556.